The van der Waals surface area contributed by atoms with Crippen molar-refractivity contribution in [2.24, 2.45) is 33.8 Å². The van der Waals surface area contributed by atoms with E-state index in [1.807, 2.05) is 13.8 Å². The van der Waals surface area contributed by atoms with Gasteiger partial charge in [-0.2, -0.15) is 0 Å². The molecular weight excluding hydrogens is 500 g/mol. The zero-order chi connectivity index (χ0) is 29.3. The Balaban J connectivity index is 5.60. The van der Waals surface area contributed by atoms with E-state index in [-0.39, 0.29) is 44.1 Å². The second kappa shape index (κ2) is 18.7. The number of hydrogen-bond donors (Lipinski definition) is 9. The third-order valence-corrected chi connectivity index (χ3v) is 5.49. The molecule has 0 aromatic carbocycles. The van der Waals surface area contributed by atoms with Gasteiger partial charge >= 0.3 is 11.9 Å². The summed E-state index contributed by atoms with van der Waals surface area (Å²) in [4.78, 5) is 64.9. The molecule has 0 rings (SSSR count). The predicted octanol–water partition coefficient (Wildman–Crippen LogP) is -2.05. The Bertz CT molecular complexity index is 818. The molecule has 38 heavy (non-hydrogen) atoms. The highest BCUT2D eigenvalue weighted by Crippen LogP contribution is 2.09. The van der Waals surface area contributed by atoms with Crippen molar-refractivity contribution in [2.75, 3.05) is 13.1 Å². The zero-order valence-electron chi connectivity index (χ0n) is 22.2. The minimum absolute atomic E-state index is 0.000988. The minimum atomic E-state index is -1.48. The van der Waals surface area contributed by atoms with Crippen LogP contribution in [0.5, 0.6) is 0 Å². The van der Waals surface area contributed by atoms with Crippen LogP contribution in [0.15, 0.2) is 4.99 Å². The zero-order valence-corrected chi connectivity index (χ0v) is 22.2. The van der Waals surface area contributed by atoms with Crippen LogP contribution < -0.4 is 38.9 Å². The number of nitrogens with two attached hydrogens (primary N) is 4. The fourth-order valence-electron chi connectivity index (χ4n) is 3.46. The van der Waals surface area contributed by atoms with E-state index in [0.29, 0.717) is 25.8 Å². The number of guanidine groups is 1. The van der Waals surface area contributed by atoms with E-state index in [9.17, 15) is 29.1 Å². The summed E-state index contributed by atoms with van der Waals surface area (Å²) < 4.78 is 0. The van der Waals surface area contributed by atoms with E-state index in [4.69, 9.17) is 28.0 Å². The number of carbonyl (C=O) groups excluding carboxylic acids is 3. The Labute approximate surface area is 222 Å². The first-order chi connectivity index (χ1) is 17.8. The van der Waals surface area contributed by atoms with Crippen molar-refractivity contribution >= 4 is 35.6 Å². The SMILES string of the molecule is CC(C)CC(NC(=O)C(N)CCCCN)C(=O)NC(CCCN=C(N)N)C(=O)NC(CCC(=O)O)C(=O)O. The molecule has 0 aliphatic rings. The Morgan fingerprint density at radius 1 is 0.789 bits per heavy atom. The van der Waals surface area contributed by atoms with Crippen LogP contribution in [-0.2, 0) is 24.0 Å². The maximum absolute atomic E-state index is 13.2. The highest BCUT2D eigenvalue weighted by atomic mass is 16.4. The number of unbranched alkanes of at least 4 members (excludes halogenated alkanes) is 1. The van der Waals surface area contributed by atoms with Gasteiger partial charge in [-0.25, -0.2) is 4.79 Å². The van der Waals surface area contributed by atoms with E-state index in [1.165, 1.54) is 0 Å². The molecule has 0 saturated carbocycles. The number of nitrogens with zero attached hydrogens (tertiary/aromatic N) is 1. The molecule has 0 saturated heterocycles. The average Bonchev–Trinajstić information content (AvgIpc) is 2.82. The molecule has 0 aliphatic carbocycles. The van der Waals surface area contributed by atoms with Crippen LogP contribution in [0.3, 0.4) is 0 Å². The van der Waals surface area contributed by atoms with Gasteiger partial charge in [-0.15, -0.1) is 0 Å². The molecule has 4 atom stereocenters. The molecule has 15 heteroatoms. The molecule has 0 bridgehead atoms. The van der Waals surface area contributed by atoms with Gasteiger partial charge in [0.1, 0.15) is 18.1 Å². The second-order valence-electron chi connectivity index (χ2n) is 9.42. The van der Waals surface area contributed by atoms with Gasteiger partial charge in [-0.05, 0) is 51.0 Å². The molecule has 0 radical (unpaired) electrons. The Kier molecular flexibility index (Phi) is 17.0. The summed E-state index contributed by atoms with van der Waals surface area (Å²) in [6.07, 6.45) is 1.48. The first-order valence-electron chi connectivity index (χ1n) is 12.6. The first-order valence-corrected chi connectivity index (χ1v) is 12.6. The van der Waals surface area contributed by atoms with Crippen molar-refractivity contribution in [3.63, 3.8) is 0 Å². The summed E-state index contributed by atoms with van der Waals surface area (Å²) in [5.74, 6) is -4.79. The molecule has 0 heterocycles. The van der Waals surface area contributed by atoms with Crippen molar-refractivity contribution in [2.45, 2.75) is 89.4 Å². The van der Waals surface area contributed by atoms with Gasteiger partial charge in [-0.1, -0.05) is 20.3 Å². The molecule has 13 N–H and O–H groups in total. The van der Waals surface area contributed by atoms with Crippen molar-refractivity contribution in [3.05, 3.63) is 0 Å². The van der Waals surface area contributed by atoms with Crippen LogP contribution in [-0.4, -0.2) is 83.1 Å². The lowest BCUT2D eigenvalue weighted by Gasteiger charge is -2.26. The number of carboxylic acids is 2. The smallest absolute Gasteiger partial charge is 0.326 e. The Morgan fingerprint density at radius 3 is 1.89 bits per heavy atom. The normalized spacial score (nSPS) is 14.0. The van der Waals surface area contributed by atoms with Crippen LogP contribution in [0.2, 0.25) is 0 Å². The number of nitrogens with one attached hydrogen (secondary N) is 3. The number of amides is 3. The van der Waals surface area contributed by atoms with Gasteiger partial charge in [-0.3, -0.25) is 24.2 Å². The quantitative estimate of drug-likeness (QED) is 0.0456. The van der Waals surface area contributed by atoms with Gasteiger partial charge in [0.2, 0.25) is 17.7 Å². The van der Waals surface area contributed by atoms with Gasteiger partial charge in [0.05, 0.1) is 6.04 Å². The summed E-state index contributed by atoms with van der Waals surface area (Å²) in [6, 6.07) is -4.52. The molecule has 0 aromatic rings. The summed E-state index contributed by atoms with van der Waals surface area (Å²) in [5.41, 5.74) is 22.0. The topological polar surface area (TPSA) is 278 Å². The van der Waals surface area contributed by atoms with Crippen LogP contribution >= 0.6 is 0 Å². The van der Waals surface area contributed by atoms with E-state index < -0.39 is 60.2 Å². The lowest BCUT2D eigenvalue weighted by molar-refractivity contribution is -0.143. The highest BCUT2D eigenvalue weighted by Gasteiger charge is 2.30. The van der Waals surface area contributed by atoms with Crippen molar-refractivity contribution in [1.29, 1.82) is 0 Å². The Morgan fingerprint density at radius 2 is 1.37 bits per heavy atom. The van der Waals surface area contributed by atoms with Crippen molar-refractivity contribution < 1.29 is 34.2 Å². The van der Waals surface area contributed by atoms with Crippen LogP contribution in [0.1, 0.15) is 65.2 Å². The second-order valence-corrected chi connectivity index (χ2v) is 9.42. The molecular formula is C23H44N8O7. The summed E-state index contributed by atoms with van der Waals surface area (Å²) in [6.45, 7) is 4.32. The number of rotatable bonds is 20. The van der Waals surface area contributed by atoms with Gasteiger partial charge in [0.25, 0.3) is 0 Å². The summed E-state index contributed by atoms with van der Waals surface area (Å²) in [5, 5.41) is 25.7. The first kappa shape index (κ1) is 34.5. The number of aliphatic carboxylic acids is 2. The number of carboxylic acid groups (broad SMARTS) is 2. The monoisotopic (exact) mass is 544 g/mol. The van der Waals surface area contributed by atoms with E-state index >= 15 is 0 Å². The third kappa shape index (κ3) is 15.6. The van der Waals surface area contributed by atoms with Crippen LogP contribution in [0, 0.1) is 5.92 Å². The lowest BCUT2D eigenvalue weighted by atomic mass is 10.0. The fourth-order valence-corrected chi connectivity index (χ4v) is 3.46. The molecule has 4 unspecified atom stereocenters. The van der Waals surface area contributed by atoms with Crippen LogP contribution in [0.25, 0.3) is 0 Å². The average molecular weight is 545 g/mol. The fraction of sp³-hybridized carbons (Fsp3) is 0.739. The van der Waals surface area contributed by atoms with E-state index in [2.05, 4.69) is 20.9 Å². The number of hydrogen-bond acceptors (Lipinski definition) is 8. The van der Waals surface area contributed by atoms with Gasteiger partial charge in [0.15, 0.2) is 5.96 Å². The molecule has 0 spiro atoms. The maximum Gasteiger partial charge on any atom is 0.326 e. The molecule has 0 aliphatic heterocycles. The summed E-state index contributed by atoms with van der Waals surface area (Å²) in [7, 11) is 0. The predicted molar refractivity (Wildman–Crippen MR) is 141 cm³/mol. The third-order valence-electron chi connectivity index (χ3n) is 5.49. The number of carbonyl (C=O) groups is 5. The lowest BCUT2D eigenvalue weighted by Crippen LogP contribution is -2.57. The minimum Gasteiger partial charge on any atom is -0.481 e. The van der Waals surface area contributed by atoms with Gasteiger partial charge < -0.3 is 49.1 Å². The molecule has 0 fully saturated rings. The van der Waals surface area contributed by atoms with Crippen LogP contribution in [0.4, 0.5) is 0 Å². The highest BCUT2D eigenvalue weighted by molar-refractivity contribution is 5.94. The largest absolute Gasteiger partial charge is 0.481 e. The molecule has 0 aromatic heterocycles. The summed E-state index contributed by atoms with van der Waals surface area (Å²) >= 11 is 0. The molecule has 218 valence electrons. The van der Waals surface area contributed by atoms with Crippen molar-refractivity contribution in [3.8, 4) is 0 Å². The molecule has 15 nitrogen and oxygen atoms in total. The van der Waals surface area contributed by atoms with Crippen molar-refractivity contribution in [1.82, 2.24) is 16.0 Å². The number of aliphatic imine (C=N–C) groups is 1. The van der Waals surface area contributed by atoms with Gasteiger partial charge in [0, 0.05) is 13.0 Å². The molecule has 3 amide bonds. The van der Waals surface area contributed by atoms with E-state index in [0.717, 1.165) is 0 Å². The van der Waals surface area contributed by atoms with E-state index in [1.54, 1.807) is 0 Å². The Hall–Kier alpha value is -3.46. The maximum atomic E-state index is 13.2. The standard InChI is InChI=1S/C23H44N8O7/c1-13(2)12-17(31-19(34)14(25)6-3-4-10-24)21(36)29-15(7-5-11-28-23(26)27)20(35)30-16(22(37)38)8-9-18(32)33/h13-17H,3-12,24-25H2,1-2H3,(H,29,36)(H,30,35)(H,31,34)(H,32,33)(H,37,38)(H4,26,27,28).